The minimum absolute atomic E-state index is 0.234. The first-order valence-corrected chi connectivity index (χ1v) is 7.51. The summed E-state index contributed by atoms with van der Waals surface area (Å²) in [4.78, 5) is 4.16. The molecular weight excluding hydrogens is 315 g/mol. The van der Waals surface area contributed by atoms with E-state index in [0.717, 1.165) is 12.8 Å². The molecule has 0 aliphatic rings. The topological polar surface area (TPSA) is 24.9 Å². The maximum atomic E-state index is 6.09. The summed E-state index contributed by atoms with van der Waals surface area (Å²) < 4.78 is 0. The Morgan fingerprint density at radius 2 is 1.80 bits per heavy atom. The lowest BCUT2D eigenvalue weighted by atomic mass is 10.1. The predicted octanol–water partition coefficient (Wildman–Crippen LogP) is 5.48. The molecule has 1 aromatic heterocycles. The molecule has 5 heteroatoms. The number of benzene rings is 1. The quantitative estimate of drug-likeness (QED) is 0.735. The summed E-state index contributed by atoms with van der Waals surface area (Å²) in [6, 6.07) is 12.2. The lowest BCUT2D eigenvalue weighted by molar-refractivity contribution is 0.703. The van der Waals surface area contributed by atoms with Crippen molar-refractivity contribution in [3.05, 3.63) is 57.2 Å². The lowest BCUT2D eigenvalue weighted by Gasteiger charge is -2.16. The van der Waals surface area contributed by atoms with Gasteiger partial charge in [-0.1, -0.05) is 65.1 Å². The van der Waals surface area contributed by atoms with Gasteiger partial charge in [0.25, 0.3) is 0 Å². The highest BCUT2D eigenvalue weighted by Gasteiger charge is 2.10. The van der Waals surface area contributed by atoms with E-state index in [-0.39, 0.29) is 11.2 Å². The van der Waals surface area contributed by atoms with Gasteiger partial charge >= 0.3 is 0 Å². The van der Waals surface area contributed by atoms with Gasteiger partial charge in [0.2, 0.25) is 0 Å². The van der Waals surface area contributed by atoms with Crippen LogP contribution in [0.2, 0.25) is 15.2 Å². The van der Waals surface area contributed by atoms with Gasteiger partial charge in [-0.2, -0.15) is 0 Å². The summed E-state index contributed by atoms with van der Waals surface area (Å²) in [6.07, 6.45) is 1.97. The maximum Gasteiger partial charge on any atom is 0.150 e. The van der Waals surface area contributed by atoms with E-state index >= 15 is 0 Å². The van der Waals surface area contributed by atoms with Crippen LogP contribution in [0.4, 0.5) is 5.82 Å². The van der Waals surface area contributed by atoms with Crippen LogP contribution in [0.3, 0.4) is 0 Å². The molecule has 0 bridgehead atoms. The predicted molar refractivity (Wildman–Crippen MR) is 87.1 cm³/mol. The molecule has 2 aromatic rings. The molecule has 1 aromatic carbocycles. The molecule has 20 heavy (non-hydrogen) atoms. The van der Waals surface area contributed by atoms with E-state index in [1.54, 1.807) is 6.07 Å². The largest absolute Gasteiger partial charge is 0.366 e. The number of anilines is 1. The van der Waals surface area contributed by atoms with Crippen LogP contribution in [0.25, 0.3) is 0 Å². The van der Waals surface area contributed by atoms with E-state index in [1.165, 1.54) is 5.56 Å². The average Bonchev–Trinajstić information content (AvgIpc) is 2.44. The molecule has 1 unspecified atom stereocenters. The third kappa shape index (κ3) is 4.27. The van der Waals surface area contributed by atoms with Gasteiger partial charge in [0, 0.05) is 6.04 Å². The average molecular weight is 330 g/mol. The van der Waals surface area contributed by atoms with Crippen LogP contribution < -0.4 is 5.32 Å². The number of aromatic nitrogens is 1. The van der Waals surface area contributed by atoms with Gasteiger partial charge < -0.3 is 5.32 Å². The fourth-order valence-corrected chi connectivity index (χ4v) is 2.43. The Kier molecular flexibility index (Phi) is 5.53. The van der Waals surface area contributed by atoms with Crippen molar-refractivity contribution in [2.75, 3.05) is 5.32 Å². The lowest BCUT2D eigenvalue weighted by Crippen LogP contribution is -2.17. The maximum absolute atomic E-state index is 6.09. The molecule has 0 radical (unpaired) electrons. The zero-order valence-electron chi connectivity index (χ0n) is 11.0. The van der Waals surface area contributed by atoms with Crippen molar-refractivity contribution in [3.63, 3.8) is 0 Å². The van der Waals surface area contributed by atoms with Crippen LogP contribution in [0.15, 0.2) is 36.4 Å². The van der Waals surface area contributed by atoms with Crippen LogP contribution in [0, 0.1) is 0 Å². The molecule has 0 aliphatic carbocycles. The van der Waals surface area contributed by atoms with E-state index in [9.17, 15) is 0 Å². The van der Waals surface area contributed by atoms with Crippen molar-refractivity contribution in [2.24, 2.45) is 0 Å². The van der Waals surface area contributed by atoms with Crippen LogP contribution in [-0.4, -0.2) is 11.0 Å². The fraction of sp³-hybridized carbons (Fsp3) is 0.267. The SMILES string of the molecule is CC(CCc1ccccc1)Nc1nc(Cl)c(Cl)cc1Cl. The molecule has 2 rings (SSSR count). The Morgan fingerprint density at radius 3 is 2.50 bits per heavy atom. The highest BCUT2D eigenvalue weighted by Crippen LogP contribution is 2.29. The van der Waals surface area contributed by atoms with E-state index in [1.807, 2.05) is 18.2 Å². The van der Waals surface area contributed by atoms with Crippen molar-refractivity contribution in [1.29, 1.82) is 0 Å². The van der Waals surface area contributed by atoms with Crippen LogP contribution in [0.5, 0.6) is 0 Å². The smallest absolute Gasteiger partial charge is 0.150 e. The molecule has 1 atom stereocenters. The Morgan fingerprint density at radius 1 is 1.10 bits per heavy atom. The molecule has 0 spiro atoms. The van der Waals surface area contributed by atoms with E-state index in [4.69, 9.17) is 34.8 Å². The van der Waals surface area contributed by atoms with Gasteiger partial charge in [-0.25, -0.2) is 4.98 Å². The molecule has 0 amide bonds. The van der Waals surface area contributed by atoms with Crippen molar-refractivity contribution in [3.8, 4) is 0 Å². The fourth-order valence-electron chi connectivity index (χ4n) is 1.88. The second kappa shape index (κ2) is 7.16. The van der Waals surface area contributed by atoms with Crippen molar-refractivity contribution < 1.29 is 0 Å². The molecule has 106 valence electrons. The third-order valence-electron chi connectivity index (χ3n) is 2.98. The minimum atomic E-state index is 0.234. The summed E-state index contributed by atoms with van der Waals surface area (Å²) in [7, 11) is 0. The Bertz CT molecular complexity index is 573. The molecule has 1 heterocycles. The summed E-state index contributed by atoms with van der Waals surface area (Å²) in [6.45, 7) is 2.09. The molecule has 0 saturated carbocycles. The summed E-state index contributed by atoms with van der Waals surface area (Å²) in [5, 5.41) is 4.36. The zero-order valence-corrected chi connectivity index (χ0v) is 13.3. The van der Waals surface area contributed by atoms with E-state index in [2.05, 4.69) is 29.4 Å². The summed E-state index contributed by atoms with van der Waals surface area (Å²) in [5.41, 5.74) is 1.31. The van der Waals surface area contributed by atoms with Crippen molar-refractivity contribution >= 4 is 40.6 Å². The molecule has 2 nitrogen and oxygen atoms in total. The van der Waals surface area contributed by atoms with Gasteiger partial charge in [-0.05, 0) is 31.4 Å². The number of nitrogens with one attached hydrogen (secondary N) is 1. The van der Waals surface area contributed by atoms with E-state index in [0.29, 0.717) is 15.9 Å². The number of pyridine rings is 1. The van der Waals surface area contributed by atoms with E-state index < -0.39 is 0 Å². The first-order chi connectivity index (χ1) is 9.56. The molecule has 0 fully saturated rings. The number of rotatable bonds is 5. The number of aryl methyl sites for hydroxylation is 1. The second-order valence-corrected chi connectivity index (χ2v) is 5.83. The monoisotopic (exact) mass is 328 g/mol. The first kappa shape index (κ1) is 15.4. The number of nitrogens with zero attached hydrogens (tertiary/aromatic N) is 1. The third-order valence-corrected chi connectivity index (χ3v) is 3.94. The van der Waals surface area contributed by atoms with Gasteiger partial charge in [0.15, 0.2) is 0 Å². The highest BCUT2D eigenvalue weighted by molar-refractivity contribution is 6.42. The number of hydrogen-bond acceptors (Lipinski definition) is 2. The van der Waals surface area contributed by atoms with Gasteiger partial charge in [0.1, 0.15) is 11.0 Å². The Labute approximate surface area is 134 Å². The number of halogens is 3. The summed E-state index contributed by atoms with van der Waals surface area (Å²) >= 11 is 17.9. The van der Waals surface area contributed by atoms with Crippen LogP contribution >= 0.6 is 34.8 Å². The summed E-state index contributed by atoms with van der Waals surface area (Å²) in [5.74, 6) is 0.571. The van der Waals surface area contributed by atoms with Crippen molar-refractivity contribution in [1.82, 2.24) is 4.98 Å². The molecule has 0 saturated heterocycles. The van der Waals surface area contributed by atoms with Crippen LogP contribution in [-0.2, 0) is 6.42 Å². The molecule has 0 aliphatic heterocycles. The highest BCUT2D eigenvalue weighted by atomic mass is 35.5. The minimum Gasteiger partial charge on any atom is -0.366 e. The normalized spacial score (nSPS) is 12.2. The second-order valence-electron chi connectivity index (χ2n) is 4.66. The van der Waals surface area contributed by atoms with Crippen molar-refractivity contribution in [2.45, 2.75) is 25.8 Å². The Hall–Kier alpha value is -0.960. The van der Waals surface area contributed by atoms with Gasteiger partial charge in [-0.15, -0.1) is 0 Å². The first-order valence-electron chi connectivity index (χ1n) is 6.38. The van der Waals surface area contributed by atoms with Gasteiger partial charge in [-0.3, -0.25) is 0 Å². The number of hydrogen-bond donors (Lipinski definition) is 1. The zero-order chi connectivity index (χ0) is 14.5. The van der Waals surface area contributed by atoms with Crippen LogP contribution in [0.1, 0.15) is 18.9 Å². The molecule has 1 N–H and O–H groups in total. The Balaban J connectivity index is 1.95. The van der Waals surface area contributed by atoms with Gasteiger partial charge in [0.05, 0.1) is 10.0 Å². The molecular formula is C15H15Cl3N2. The standard InChI is InChI=1S/C15H15Cl3N2/c1-10(7-8-11-5-3-2-4-6-11)19-15-13(17)9-12(16)14(18)20-15/h2-6,9-10H,7-8H2,1H3,(H,19,20).